The van der Waals surface area contributed by atoms with E-state index in [2.05, 4.69) is 12.1 Å². The molecule has 1 aliphatic heterocycles. The van der Waals surface area contributed by atoms with Gasteiger partial charge in [-0.2, -0.15) is 0 Å². The van der Waals surface area contributed by atoms with Gasteiger partial charge in [-0.25, -0.2) is 0 Å². The number of amides is 1. The quantitative estimate of drug-likeness (QED) is 0.875. The van der Waals surface area contributed by atoms with Gasteiger partial charge in [-0.3, -0.25) is 4.79 Å². The van der Waals surface area contributed by atoms with Gasteiger partial charge in [0.1, 0.15) is 6.04 Å². The number of nitrogens with two attached hydrogens (primary N) is 1. The molecule has 2 unspecified atom stereocenters. The van der Waals surface area contributed by atoms with Crippen LogP contribution < -0.4 is 5.73 Å². The number of benzene rings is 1. The van der Waals surface area contributed by atoms with Crippen LogP contribution in [0, 0.1) is 0 Å². The van der Waals surface area contributed by atoms with Crippen molar-refractivity contribution in [2.24, 2.45) is 5.73 Å². The highest BCUT2D eigenvalue weighted by Crippen LogP contribution is 2.12. The second-order valence-electron chi connectivity index (χ2n) is 5.03. The summed E-state index contributed by atoms with van der Waals surface area (Å²) in [5, 5.41) is 0. The fourth-order valence-corrected chi connectivity index (χ4v) is 2.41. The van der Waals surface area contributed by atoms with Crippen molar-refractivity contribution in [3.8, 4) is 0 Å². The summed E-state index contributed by atoms with van der Waals surface area (Å²) in [6.45, 7) is 2.00. The Balaban J connectivity index is 0.00000220. The lowest BCUT2D eigenvalue weighted by Gasteiger charge is -2.34. The standard InChI is InChI=1S/C15H22N2O3.ClH/c1-19-11-14(16)15(18)17-7-8-20-13(10-17)9-12-5-3-2-4-6-12;/h2-6,13-14H,7-11,16H2,1H3;1H. The van der Waals surface area contributed by atoms with Crippen molar-refractivity contribution in [1.29, 1.82) is 0 Å². The molecule has 0 bridgehead atoms. The van der Waals surface area contributed by atoms with E-state index < -0.39 is 6.04 Å². The van der Waals surface area contributed by atoms with Crippen LogP contribution in [-0.4, -0.2) is 56.4 Å². The van der Waals surface area contributed by atoms with Crippen molar-refractivity contribution in [2.75, 3.05) is 33.4 Å². The van der Waals surface area contributed by atoms with Crippen molar-refractivity contribution in [3.63, 3.8) is 0 Å². The number of carbonyl (C=O) groups excluding carboxylic acids is 1. The molecule has 2 N–H and O–H groups in total. The molecule has 0 radical (unpaired) electrons. The fraction of sp³-hybridized carbons (Fsp3) is 0.533. The molecule has 1 heterocycles. The number of hydrogen-bond donors (Lipinski definition) is 1. The molecular formula is C15H23ClN2O3. The van der Waals surface area contributed by atoms with Crippen molar-refractivity contribution >= 4 is 18.3 Å². The SMILES string of the molecule is COCC(N)C(=O)N1CCOC(Cc2ccccc2)C1.Cl. The first-order valence-electron chi connectivity index (χ1n) is 6.89. The lowest BCUT2D eigenvalue weighted by Crippen LogP contribution is -2.53. The van der Waals surface area contributed by atoms with Crippen LogP contribution in [0.4, 0.5) is 0 Å². The third-order valence-electron chi connectivity index (χ3n) is 3.42. The average Bonchev–Trinajstić information content (AvgIpc) is 2.48. The highest BCUT2D eigenvalue weighted by Gasteiger charge is 2.27. The number of hydrogen-bond acceptors (Lipinski definition) is 4. The van der Waals surface area contributed by atoms with E-state index in [-0.39, 0.29) is 31.0 Å². The number of nitrogens with zero attached hydrogens (tertiary/aromatic N) is 1. The first-order valence-corrected chi connectivity index (χ1v) is 6.89. The van der Waals surface area contributed by atoms with Gasteiger partial charge in [0.25, 0.3) is 0 Å². The Bertz CT molecular complexity index is 430. The molecule has 0 aliphatic carbocycles. The Kier molecular flexibility index (Phi) is 7.67. The molecule has 0 saturated carbocycles. The number of carbonyl (C=O) groups is 1. The molecule has 0 spiro atoms. The number of morpholine rings is 1. The maximum Gasteiger partial charge on any atom is 0.242 e. The first kappa shape index (κ1) is 17.9. The van der Waals surface area contributed by atoms with E-state index in [1.54, 1.807) is 12.0 Å². The van der Waals surface area contributed by atoms with Crippen LogP contribution in [0.3, 0.4) is 0 Å². The molecule has 1 fully saturated rings. The maximum absolute atomic E-state index is 12.2. The Morgan fingerprint density at radius 1 is 1.48 bits per heavy atom. The highest BCUT2D eigenvalue weighted by molar-refractivity contribution is 5.85. The zero-order valence-electron chi connectivity index (χ0n) is 12.2. The minimum atomic E-state index is -0.588. The van der Waals surface area contributed by atoms with Gasteiger partial charge in [-0.05, 0) is 5.56 Å². The second-order valence-corrected chi connectivity index (χ2v) is 5.03. The van der Waals surface area contributed by atoms with Crippen molar-refractivity contribution in [1.82, 2.24) is 4.90 Å². The van der Waals surface area contributed by atoms with Gasteiger partial charge < -0.3 is 20.1 Å². The smallest absolute Gasteiger partial charge is 0.242 e. The highest BCUT2D eigenvalue weighted by atomic mass is 35.5. The van der Waals surface area contributed by atoms with Crippen LogP contribution in [0.5, 0.6) is 0 Å². The number of rotatable bonds is 5. The topological polar surface area (TPSA) is 64.8 Å². The van der Waals surface area contributed by atoms with E-state index in [1.165, 1.54) is 5.56 Å². The second kappa shape index (κ2) is 9.00. The summed E-state index contributed by atoms with van der Waals surface area (Å²) in [5.74, 6) is -0.0618. The Morgan fingerprint density at radius 3 is 2.86 bits per heavy atom. The van der Waals surface area contributed by atoms with Crippen LogP contribution >= 0.6 is 12.4 Å². The zero-order valence-corrected chi connectivity index (χ0v) is 13.1. The molecule has 1 amide bonds. The molecule has 5 nitrogen and oxygen atoms in total. The lowest BCUT2D eigenvalue weighted by molar-refractivity contribution is -0.141. The molecule has 6 heteroatoms. The molecule has 0 aromatic heterocycles. The van der Waals surface area contributed by atoms with Crippen LogP contribution in [0.2, 0.25) is 0 Å². The minimum Gasteiger partial charge on any atom is -0.383 e. The molecule has 118 valence electrons. The molecular weight excluding hydrogens is 292 g/mol. The maximum atomic E-state index is 12.2. The predicted molar refractivity (Wildman–Crippen MR) is 83.6 cm³/mol. The molecule has 1 aromatic carbocycles. The van der Waals surface area contributed by atoms with E-state index in [0.29, 0.717) is 19.7 Å². The first-order chi connectivity index (χ1) is 9.70. The Hall–Kier alpha value is -1.14. The van der Waals surface area contributed by atoms with Crippen LogP contribution in [0.15, 0.2) is 30.3 Å². The van der Waals surface area contributed by atoms with Gasteiger partial charge in [-0.1, -0.05) is 30.3 Å². The van der Waals surface area contributed by atoms with Gasteiger partial charge in [-0.15, -0.1) is 12.4 Å². The average molecular weight is 315 g/mol. The van der Waals surface area contributed by atoms with Crippen molar-refractivity contribution < 1.29 is 14.3 Å². The van der Waals surface area contributed by atoms with Gasteiger partial charge in [0.2, 0.25) is 5.91 Å². The molecule has 2 rings (SSSR count). The van der Waals surface area contributed by atoms with E-state index in [9.17, 15) is 4.79 Å². The lowest BCUT2D eigenvalue weighted by atomic mass is 10.1. The van der Waals surface area contributed by atoms with Crippen LogP contribution in [0.1, 0.15) is 5.56 Å². The largest absolute Gasteiger partial charge is 0.383 e. The van der Waals surface area contributed by atoms with Crippen LogP contribution in [-0.2, 0) is 20.7 Å². The molecule has 1 aromatic rings. The zero-order chi connectivity index (χ0) is 14.4. The third-order valence-corrected chi connectivity index (χ3v) is 3.42. The summed E-state index contributed by atoms with van der Waals surface area (Å²) in [4.78, 5) is 13.9. The summed E-state index contributed by atoms with van der Waals surface area (Å²) >= 11 is 0. The summed E-state index contributed by atoms with van der Waals surface area (Å²) in [7, 11) is 1.55. The number of methoxy groups -OCH3 is 1. The van der Waals surface area contributed by atoms with Crippen LogP contribution in [0.25, 0.3) is 0 Å². The summed E-state index contributed by atoms with van der Waals surface area (Å²) in [5.41, 5.74) is 7.02. The predicted octanol–water partition coefficient (Wildman–Crippen LogP) is 0.852. The van der Waals surface area contributed by atoms with E-state index >= 15 is 0 Å². The molecule has 1 aliphatic rings. The summed E-state index contributed by atoms with van der Waals surface area (Å²) < 4.78 is 10.7. The van der Waals surface area contributed by atoms with E-state index in [4.69, 9.17) is 15.2 Å². The van der Waals surface area contributed by atoms with E-state index in [1.807, 2.05) is 18.2 Å². The van der Waals surface area contributed by atoms with E-state index in [0.717, 1.165) is 6.42 Å². The van der Waals surface area contributed by atoms with Gasteiger partial charge in [0, 0.05) is 26.6 Å². The minimum absolute atomic E-state index is 0. The van der Waals surface area contributed by atoms with Crippen molar-refractivity contribution in [3.05, 3.63) is 35.9 Å². The number of ether oxygens (including phenoxy) is 2. The number of halogens is 1. The monoisotopic (exact) mass is 314 g/mol. The Morgan fingerprint density at radius 2 is 2.19 bits per heavy atom. The fourth-order valence-electron chi connectivity index (χ4n) is 2.41. The molecule has 2 atom stereocenters. The molecule has 21 heavy (non-hydrogen) atoms. The van der Waals surface area contributed by atoms with Gasteiger partial charge >= 0.3 is 0 Å². The Labute approximate surface area is 131 Å². The van der Waals surface area contributed by atoms with Crippen molar-refractivity contribution in [2.45, 2.75) is 18.6 Å². The molecule has 1 saturated heterocycles. The van der Waals surface area contributed by atoms with Gasteiger partial charge in [0.15, 0.2) is 0 Å². The summed E-state index contributed by atoms with van der Waals surface area (Å²) in [6, 6.07) is 9.56. The summed E-state index contributed by atoms with van der Waals surface area (Å²) in [6.07, 6.45) is 0.842. The normalized spacial score (nSPS) is 19.7. The third kappa shape index (κ3) is 5.28. The van der Waals surface area contributed by atoms with Gasteiger partial charge in [0.05, 0.1) is 19.3 Å².